The number of carbonyl (C=O) groups is 1. The van der Waals surface area contributed by atoms with Crippen LogP contribution < -0.4 is 16.4 Å². The van der Waals surface area contributed by atoms with Crippen molar-refractivity contribution in [1.82, 2.24) is 25.5 Å². The number of H-pyrrole nitrogens is 2. The van der Waals surface area contributed by atoms with Gasteiger partial charge in [-0.3, -0.25) is 14.4 Å². The minimum Gasteiger partial charge on any atom is -0.350 e. The summed E-state index contributed by atoms with van der Waals surface area (Å²) < 4.78 is 0. The zero-order valence-corrected chi connectivity index (χ0v) is 12.9. The summed E-state index contributed by atoms with van der Waals surface area (Å²) in [5, 5.41) is 9.76. The van der Waals surface area contributed by atoms with Gasteiger partial charge in [-0.15, -0.1) is 0 Å². The largest absolute Gasteiger partial charge is 0.350 e. The molecule has 0 atom stereocenters. The molecule has 0 saturated carbocycles. The number of aromatic amines is 2. The minimum atomic E-state index is -0.405. The lowest BCUT2D eigenvalue weighted by Gasteiger charge is -2.06. The van der Waals surface area contributed by atoms with E-state index in [0.29, 0.717) is 28.7 Å². The van der Waals surface area contributed by atoms with Crippen molar-refractivity contribution in [1.29, 1.82) is 0 Å². The zero-order valence-electron chi connectivity index (χ0n) is 12.9. The standard InChI is InChI=1S/C16H15N5O3/c1-9-8-13(22)19-12(18-9)6-7-17-16(24)14-10-4-2-3-5-11(10)15(23)21-20-14/h2-5,8H,6-7H2,1H3,(H,17,24)(H,21,23)(H,18,19,22). The first kappa shape index (κ1) is 15.6. The van der Waals surface area contributed by atoms with Crippen LogP contribution in [0.5, 0.6) is 0 Å². The fraction of sp³-hybridized carbons (Fsp3) is 0.188. The smallest absolute Gasteiger partial charge is 0.272 e. The van der Waals surface area contributed by atoms with Crippen molar-refractivity contribution < 1.29 is 4.79 Å². The maximum atomic E-state index is 12.3. The predicted molar refractivity (Wildman–Crippen MR) is 88.0 cm³/mol. The van der Waals surface area contributed by atoms with Crippen LogP contribution in [0.2, 0.25) is 0 Å². The lowest BCUT2D eigenvalue weighted by molar-refractivity contribution is 0.0950. The Morgan fingerprint density at radius 1 is 1.21 bits per heavy atom. The highest BCUT2D eigenvalue weighted by molar-refractivity contribution is 6.04. The van der Waals surface area contributed by atoms with Gasteiger partial charge in [-0.1, -0.05) is 18.2 Å². The Morgan fingerprint density at radius 3 is 2.71 bits per heavy atom. The van der Waals surface area contributed by atoms with Gasteiger partial charge in [0.2, 0.25) is 0 Å². The lowest BCUT2D eigenvalue weighted by atomic mass is 10.1. The van der Waals surface area contributed by atoms with Gasteiger partial charge in [-0.25, -0.2) is 10.1 Å². The Bertz CT molecular complexity index is 1020. The van der Waals surface area contributed by atoms with Gasteiger partial charge in [0.1, 0.15) is 5.82 Å². The van der Waals surface area contributed by atoms with E-state index in [-0.39, 0.29) is 23.4 Å². The first-order valence-corrected chi connectivity index (χ1v) is 7.37. The number of hydrogen-bond donors (Lipinski definition) is 3. The number of fused-ring (bicyclic) bond motifs is 1. The normalized spacial score (nSPS) is 10.7. The topological polar surface area (TPSA) is 121 Å². The quantitative estimate of drug-likeness (QED) is 0.636. The molecule has 3 N–H and O–H groups in total. The van der Waals surface area contributed by atoms with Crippen LogP contribution in [-0.2, 0) is 6.42 Å². The summed E-state index contributed by atoms with van der Waals surface area (Å²) in [4.78, 5) is 42.2. The molecule has 8 nitrogen and oxygen atoms in total. The molecule has 0 fully saturated rings. The molecule has 8 heteroatoms. The van der Waals surface area contributed by atoms with E-state index in [9.17, 15) is 14.4 Å². The maximum absolute atomic E-state index is 12.3. The summed E-state index contributed by atoms with van der Waals surface area (Å²) in [7, 11) is 0. The van der Waals surface area contributed by atoms with Crippen LogP contribution in [0, 0.1) is 6.92 Å². The maximum Gasteiger partial charge on any atom is 0.272 e. The molecular formula is C16H15N5O3. The highest BCUT2D eigenvalue weighted by Gasteiger charge is 2.13. The molecule has 1 aromatic carbocycles. The minimum absolute atomic E-state index is 0.149. The highest BCUT2D eigenvalue weighted by Crippen LogP contribution is 2.11. The molecule has 0 spiro atoms. The highest BCUT2D eigenvalue weighted by atomic mass is 16.2. The molecule has 1 amide bonds. The fourth-order valence-electron chi connectivity index (χ4n) is 2.43. The first-order valence-electron chi connectivity index (χ1n) is 7.37. The van der Waals surface area contributed by atoms with Crippen LogP contribution >= 0.6 is 0 Å². The van der Waals surface area contributed by atoms with Gasteiger partial charge in [0.25, 0.3) is 17.0 Å². The number of aryl methyl sites for hydroxylation is 1. The van der Waals surface area contributed by atoms with E-state index in [0.717, 1.165) is 0 Å². The fourth-order valence-corrected chi connectivity index (χ4v) is 2.43. The average molecular weight is 325 g/mol. The number of nitrogens with zero attached hydrogens (tertiary/aromatic N) is 2. The van der Waals surface area contributed by atoms with Gasteiger partial charge < -0.3 is 10.3 Å². The number of hydrogen-bond acceptors (Lipinski definition) is 5. The molecule has 2 heterocycles. The van der Waals surface area contributed by atoms with Crippen molar-refractivity contribution in [3.8, 4) is 0 Å². The molecule has 0 radical (unpaired) electrons. The molecule has 0 aliphatic heterocycles. The molecular weight excluding hydrogens is 310 g/mol. The summed E-state index contributed by atoms with van der Waals surface area (Å²) in [5.41, 5.74) is 0.199. The van der Waals surface area contributed by atoms with Gasteiger partial charge in [0.05, 0.1) is 5.39 Å². The van der Waals surface area contributed by atoms with Gasteiger partial charge in [0.15, 0.2) is 5.69 Å². The number of aromatic nitrogens is 4. The Hall–Kier alpha value is -3.29. The molecule has 3 rings (SSSR count). The van der Waals surface area contributed by atoms with Gasteiger partial charge in [-0.05, 0) is 13.0 Å². The third-order valence-corrected chi connectivity index (χ3v) is 3.48. The van der Waals surface area contributed by atoms with Gasteiger partial charge in [-0.2, -0.15) is 5.10 Å². The van der Waals surface area contributed by atoms with E-state index in [1.54, 1.807) is 31.2 Å². The van der Waals surface area contributed by atoms with Crippen molar-refractivity contribution in [2.45, 2.75) is 13.3 Å². The number of rotatable bonds is 4. The Balaban J connectivity index is 1.75. The molecule has 24 heavy (non-hydrogen) atoms. The molecule has 2 aromatic heterocycles. The van der Waals surface area contributed by atoms with E-state index < -0.39 is 5.91 Å². The van der Waals surface area contributed by atoms with Gasteiger partial charge in [0, 0.05) is 30.1 Å². The number of nitrogens with one attached hydrogen (secondary N) is 3. The second kappa shape index (κ2) is 6.45. The van der Waals surface area contributed by atoms with E-state index in [1.807, 2.05) is 0 Å². The number of carbonyl (C=O) groups excluding carboxylic acids is 1. The molecule has 0 aliphatic carbocycles. The van der Waals surface area contributed by atoms with Crippen molar-refractivity contribution in [3.05, 3.63) is 68.3 Å². The SMILES string of the molecule is Cc1cc(=O)[nH]c(CCNC(=O)c2n[nH]c(=O)c3ccccc23)n1. The monoisotopic (exact) mass is 325 g/mol. The summed E-state index contributed by atoms with van der Waals surface area (Å²) in [6.45, 7) is 2.01. The first-order chi connectivity index (χ1) is 11.5. The lowest BCUT2D eigenvalue weighted by Crippen LogP contribution is -2.29. The van der Waals surface area contributed by atoms with Crippen LogP contribution in [-0.4, -0.2) is 32.6 Å². The number of benzene rings is 1. The number of amides is 1. The third-order valence-electron chi connectivity index (χ3n) is 3.48. The molecule has 0 aliphatic rings. The summed E-state index contributed by atoms with van der Waals surface area (Å²) >= 11 is 0. The van der Waals surface area contributed by atoms with E-state index in [1.165, 1.54) is 6.07 Å². The van der Waals surface area contributed by atoms with Crippen molar-refractivity contribution >= 4 is 16.7 Å². The molecule has 0 unspecified atom stereocenters. The summed E-state index contributed by atoms with van der Waals surface area (Å²) in [6.07, 6.45) is 0.379. The molecule has 0 bridgehead atoms. The van der Waals surface area contributed by atoms with Crippen molar-refractivity contribution in [2.24, 2.45) is 0 Å². The van der Waals surface area contributed by atoms with E-state index in [4.69, 9.17) is 0 Å². The molecule has 122 valence electrons. The predicted octanol–water partition coefficient (Wildman–Crippen LogP) is 0.287. The second-order valence-corrected chi connectivity index (χ2v) is 5.29. The Labute approximate surface area is 136 Å². The molecule has 0 saturated heterocycles. The average Bonchev–Trinajstić information content (AvgIpc) is 2.54. The van der Waals surface area contributed by atoms with Crippen LogP contribution in [0.25, 0.3) is 10.8 Å². The molecule has 3 aromatic rings. The summed E-state index contributed by atoms with van der Waals surface area (Å²) in [5.74, 6) is 0.0945. The van der Waals surface area contributed by atoms with Crippen molar-refractivity contribution in [3.63, 3.8) is 0 Å². The Morgan fingerprint density at radius 2 is 1.96 bits per heavy atom. The van der Waals surface area contributed by atoms with Crippen LogP contribution in [0.3, 0.4) is 0 Å². The van der Waals surface area contributed by atoms with E-state index >= 15 is 0 Å². The Kier molecular flexibility index (Phi) is 4.19. The van der Waals surface area contributed by atoms with E-state index in [2.05, 4.69) is 25.5 Å². The summed E-state index contributed by atoms with van der Waals surface area (Å²) in [6, 6.07) is 8.17. The van der Waals surface area contributed by atoms with Crippen LogP contribution in [0.15, 0.2) is 39.9 Å². The third kappa shape index (κ3) is 3.22. The zero-order chi connectivity index (χ0) is 17.1. The van der Waals surface area contributed by atoms with Crippen molar-refractivity contribution in [2.75, 3.05) is 6.54 Å². The second-order valence-electron chi connectivity index (χ2n) is 5.29. The van der Waals surface area contributed by atoms with Gasteiger partial charge >= 0.3 is 0 Å². The van der Waals surface area contributed by atoms with Crippen LogP contribution in [0.1, 0.15) is 22.0 Å². The van der Waals surface area contributed by atoms with Crippen LogP contribution in [0.4, 0.5) is 0 Å².